The molecule has 0 spiro atoms. The zero-order chi connectivity index (χ0) is 24.9. The number of urea groups is 1. The van der Waals surface area contributed by atoms with Gasteiger partial charge in [-0.2, -0.15) is 0 Å². The number of rotatable bonds is 6. The molecule has 0 aliphatic heterocycles. The van der Waals surface area contributed by atoms with Crippen LogP contribution in [0.4, 0.5) is 30.1 Å². The summed E-state index contributed by atoms with van der Waals surface area (Å²) in [6.07, 6.45) is 0. The Bertz CT molecular complexity index is 1370. The van der Waals surface area contributed by atoms with Crippen molar-refractivity contribution in [3.8, 4) is 27.4 Å². The Morgan fingerprint density at radius 3 is 2.20 bits per heavy atom. The zero-order valence-corrected chi connectivity index (χ0v) is 19.5. The molecule has 7 nitrogen and oxygen atoms in total. The average Bonchev–Trinajstić information content (AvgIpc) is 3.24. The lowest BCUT2D eigenvalue weighted by atomic mass is 10.1. The highest BCUT2D eigenvalue weighted by Gasteiger charge is 2.17. The number of ether oxygens (including phenoxy) is 1. The van der Waals surface area contributed by atoms with Crippen molar-refractivity contribution in [3.05, 3.63) is 78.4 Å². The molecule has 35 heavy (non-hydrogen) atoms. The van der Waals surface area contributed by atoms with Crippen molar-refractivity contribution in [2.45, 2.75) is 6.92 Å². The molecule has 1 aromatic heterocycles. The number of hydrogen-bond donors (Lipinski definition) is 3. The third-order valence-corrected chi connectivity index (χ3v) is 5.88. The summed E-state index contributed by atoms with van der Waals surface area (Å²) in [4.78, 5) is 29.1. The van der Waals surface area contributed by atoms with Crippen molar-refractivity contribution in [3.63, 3.8) is 0 Å². The molecule has 4 rings (SSSR count). The number of aromatic nitrogens is 1. The molecule has 0 unspecified atom stereocenters. The van der Waals surface area contributed by atoms with Gasteiger partial charge in [0.15, 0.2) is 5.13 Å². The van der Waals surface area contributed by atoms with Gasteiger partial charge in [-0.25, -0.2) is 18.6 Å². The summed E-state index contributed by atoms with van der Waals surface area (Å²) >= 11 is 1.23. The Hall–Kier alpha value is -4.31. The lowest BCUT2D eigenvalue weighted by molar-refractivity contribution is -0.114. The van der Waals surface area contributed by atoms with Crippen LogP contribution in [-0.2, 0) is 4.79 Å². The maximum atomic E-state index is 13.9. The van der Waals surface area contributed by atoms with E-state index in [1.807, 2.05) is 24.3 Å². The molecule has 0 bridgehead atoms. The highest BCUT2D eigenvalue weighted by atomic mass is 32.1. The van der Waals surface area contributed by atoms with Crippen LogP contribution in [0.3, 0.4) is 0 Å². The molecule has 0 radical (unpaired) electrons. The molecule has 0 fully saturated rings. The zero-order valence-electron chi connectivity index (χ0n) is 18.7. The standard InChI is InChI=1S/C25H20F2N4O3S/c1-14(32)28-18-8-3-16(4-9-18)23-22(15-5-10-19(34-2)11-6-15)30-25(35-23)31-24(33)29-21-12-7-17(26)13-20(21)27/h3-13H,1-2H3,(H,28,32)(H2,29,30,31,33). The number of carbonyl (C=O) groups excluding carboxylic acids is 2. The molecule has 3 aromatic carbocycles. The van der Waals surface area contributed by atoms with Gasteiger partial charge >= 0.3 is 6.03 Å². The third-order valence-electron chi connectivity index (χ3n) is 4.86. The van der Waals surface area contributed by atoms with E-state index < -0.39 is 17.7 Å². The summed E-state index contributed by atoms with van der Waals surface area (Å²) in [5, 5.41) is 7.96. The number of nitrogens with one attached hydrogen (secondary N) is 3. The third kappa shape index (κ3) is 5.79. The Labute approximate surface area is 203 Å². The number of methoxy groups -OCH3 is 1. The highest BCUT2D eigenvalue weighted by molar-refractivity contribution is 7.19. The van der Waals surface area contributed by atoms with Gasteiger partial charge in [0.25, 0.3) is 0 Å². The molecule has 0 aliphatic rings. The second-order valence-electron chi connectivity index (χ2n) is 7.39. The summed E-state index contributed by atoms with van der Waals surface area (Å²) in [5.74, 6) is -1.13. The molecule has 3 N–H and O–H groups in total. The molecule has 0 saturated heterocycles. The number of hydrogen-bond acceptors (Lipinski definition) is 5. The monoisotopic (exact) mass is 494 g/mol. The van der Waals surface area contributed by atoms with Gasteiger partial charge < -0.3 is 15.4 Å². The fourth-order valence-electron chi connectivity index (χ4n) is 3.26. The molecular formula is C25H20F2N4O3S. The number of thiazole rings is 1. The maximum absolute atomic E-state index is 13.9. The molecule has 178 valence electrons. The van der Waals surface area contributed by atoms with E-state index in [-0.39, 0.29) is 16.7 Å². The molecule has 4 aromatic rings. The normalized spacial score (nSPS) is 10.5. The van der Waals surface area contributed by atoms with Crippen LogP contribution in [0.2, 0.25) is 0 Å². The molecule has 0 saturated carbocycles. The Morgan fingerprint density at radius 2 is 1.57 bits per heavy atom. The maximum Gasteiger partial charge on any atom is 0.325 e. The fourth-order valence-corrected chi connectivity index (χ4v) is 4.25. The minimum absolute atomic E-state index is 0.162. The molecule has 3 amide bonds. The quantitative estimate of drug-likeness (QED) is 0.291. The van der Waals surface area contributed by atoms with E-state index in [0.29, 0.717) is 23.2 Å². The van der Waals surface area contributed by atoms with Crippen LogP contribution in [0.1, 0.15) is 6.92 Å². The first-order chi connectivity index (χ1) is 16.8. The van der Waals surface area contributed by atoms with E-state index in [9.17, 15) is 18.4 Å². The average molecular weight is 495 g/mol. The molecule has 10 heteroatoms. The lowest BCUT2D eigenvalue weighted by Crippen LogP contribution is -2.20. The highest BCUT2D eigenvalue weighted by Crippen LogP contribution is 2.40. The predicted octanol–water partition coefficient (Wildman–Crippen LogP) is 6.37. The Morgan fingerprint density at radius 1 is 0.886 bits per heavy atom. The van der Waals surface area contributed by atoms with E-state index in [1.54, 1.807) is 31.4 Å². The van der Waals surface area contributed by atoms with E-state index >= 15 is 0 Å². The smallest absolute Gasteiger partial charge is 0.325 e. The molecule has 1 heterocycles. The fraction of sp³-hybridized carbons (Fsp3) is 0.0800. The van der Waals surface area contributed by atoms with Crippen molar-refractivity contribution in [1.82, 2.24) is 4.98 Å². The van der Waals surface area contributed by atoms with Gasteiger partial charge in [0.05, 0.1) is 23.4 Å². The summed E-state index contributed by atoms with van der Waals surface area (Å²) in [7, 11) is 1.57. The summed E-state index contributed by atoms with van der Waals surface area (Å²) < 4.78 is 32.3. The number of anilines is 3. The minimum atomic E-state index is -0.891. The Kier molecular flexibility index (Phi) is 7.02. The van der Waals surface area contributed by atoms with Gasteiger partial charge in [-0.1, -0.05) is 23.5 Å². The first-order valence-corrected chi connectivity index (χ1v) is 11.2. The molecular weight excluding hydrogens is 474 g/mol. The van der Waals surface area contributed by atoms with Crippen LogP contribution in [0.5, 0.6) is 5.75 Å². The minimum Gasteiger partial charge on any atom is -0.497 e. The van der Waals surface area contributed by atoms with E-state index in [2.05, 4.69) is 20.9 Å². The predicted molar refractivity (Wildman–Crippen MR) is 133 cm³/mol. The van der Waals surface area contributed by atoms with Gasteiger partial charge in [0.1, 0.15) is 17.4 Å². The SMILES string of the molecule is COc1ccc(-c2nc(NC(=O)Nc3ccc(F)cc3F)sc2-c2ccc(NC(C)=O)cc2)cc1. The van der Waals surface area contributed by atoms with Gasteiger partial charge in [-0.05, 0) is 54.1 Å². The van der Waals surface area contributed by atoms with Gasteiger partial charge in [-0.15, -0.1) is 0 Å². The summed E-state index contributed by atoms with van der Waals surface area (Å²) in [6.45, 7) is 1.43. The largest absolute Gasteiger partial charge is 0.497 e. The van der Waals surface area contributed by atoms with E-state index in [4.69, 9.17) is 4.74 Å². The number of benzene rings is 3. The summed E-state index contributed by atoms with van der Waals surface area (Å²) in [5.41, 5.74) is 2.72. The van der Waals surface area contributed by atoms with Crippen molar-refractivity contribution >= 4 is 39.8 Å². The van der Waals surface area contributed by atoms with Crippen LogP contribution < -0.4 is 20.7 Å². The van der Waals surface area contributed by atoms with Gasteiger partial charge in [-0.3, -0.25) is 10.1 Å². The van der Waals surface area contributed by atoms with Crippen molar-refractivity contribution in [1.29, 1.82) is 0 Å². The number of carbonyl (C=O) groups is 2. The van der Waals surface area contributed by atoms with E-state index in [1.165, 1.54) is 18.3 Å². The van der Waals surface area contributed by atoms with Crippen LogP contribution in [0, 0.1) is 11.6 Å². The van der Waals surface area contributed by atoms with Crippen LogP contribution in [0.25, 0.3) is 21.7 Å². The molecule has 0 atom stereocenters. The van der Waals surface area contributed by atoms with Crippen molar-refractivity contribution in [2.75, 3.05) is 23.1 Å². The van der Waals surface area contributed by atoms with Crippen LogP contribution in [0.15, 0.2) is 66.7 Å². The van der Waals surface area contributed by atoms with E-state index in [0.717, 1.165) is 28.1 Å². The Balaban J connectivity index is 1.64. The first-order valence-electron chi connectivity index (χ1n) is 10.4. The topological polar surface area (TPSA) is 92.3 Å². The first kappa shape index (κ1) is 23.8. The van der Waals surface area contributed by atoms with Gasteiger partial charge in [0, 0.05) is 24.2 Å². The summed E-state index contributed by atoms with van der Waals surface area (Å²) in [6, 6.07) is 16.7. The second-order valence-corrected chi connectivity index (χ2v) is 8.39. The second kappa shape index (κ2) is 10.3. The molecule has 0 aliphatic carbocycles. The van der Waals surface area contributed by atoms with Crippen LogP contribution >= 0.6 is 11.3 Å². The van der Waals surface area contributed by atoms with Crippen LogP contribution in [-0.4, -0.2) is 24.0 Å². The number of halogens is 2. The van der Waals surface area contributed by atoms with Crippen molar-refractivity contribution < 1.29 is 23.1 Å². The number of nitrogens with zero attached hydrogens (tertiary/aromatic N) is 1. The van der Waals surface area contributed by atoms with Crippen molar-refractivity contribution in [2.24, 2.45) is 0 Å². The number of amides is 3. The lowest BCUT2D eigenvalue weighted by Gasteiger charge is -2.06. The van der Waals surface area contributed by atoms with Gasteiger partial charge in [0.2, 0.25) is 5.91 Å².